The maximum atomic E-state index is 4.75. The van der Waals surface area contributed by atoms with Gasteiger partial charge in [0, 0.05) is 23.7 Å². The summed E-state index contributed by atoms with van der Waals surface area (Å²) < 4.78 is 0. The Morgan fingerprint density at radius 3 is 2.76 bits per heavy atom. The van der Waals surface area contributed by atoms with Gasteiger partial charge >= 0.3 is 0 Å². The zero-order valence-corrected chi connectivity index (χ0v) is 11.0. The van der Waals surface area contributed by atoms with E-state index in [0.29, 0.717) is 5.92 Å². The fourth-order valence-corrected chi connectivity index (χ4v) is 2.62. The highest BCUT2D eigenvalue weighted by atomic mass is 14.9. The molecule has 0 unspecified atom stereocenters. The van der Waals surface area contributed by atoms with E-state index in [2.05, 4.69) is 23.3 Å². The van der Waals surface area contributed by atoms with Gasteiger partial charge in [-0.1, -0.05) is 12.8 Å². The highest BCUT2D eigenvalue weighted by Gasteiger charge is 2.19. The zero-order valence-electron chi connectivity index (χ0n) is 11.0. The predicted molar refractivity (Wildman–Crippen MR) is 70.2 cm³/mol. The summed E-state index contributed by atoms with van der Waals surface area (Å²) in [6, 6.07) is 2.18. The van der Waals surface area contributed by atoms with Gasteiger partial charge in [-0.05, 0) is 45.8 Å². The van der Waals surface area contributed by atoms with Gasteiger partial charge in [0.1, 0.15) is 5.82 Å². The molecule has 1 aliphatic carbocycles. The Hall–Kier alpha value is -0.960. The van der Waals surface area contributed by atoms with Crippen LogP contribution in [0.5, 0.6) is 0 Å². The Morgan fingerprint density at radius 1 is 1.29 bits per heavy atom. The molecule has 0 atom stereocenters. The Morgan fingerprint density at radius 2 is 2.06 bits per heavy atom. The lowest BCUT2D eigenvalue weighted by atomic mass is 10.0. The zero-order chi connectivity index (χ0) is 12.1. The van der Waals surface area contributed by atoms with Crippen molar-refractivity contribution < 1.29 is 0 Å². The molecule has 3 heteroatoms. The molecule has 0 radical (unpaired) electrons. The Balaban J connectivity index is 2.05. The first-order valence-corrected chi connectivity index (χ1v) is 6.78. The number of aromatic nitrogens is 2. The Bertz CT molecular complexity index is 356. The molecule has 1 aromatic heterocycles. The maximum Gasteiger partial charge on any atom is 0.128 e. The molecule has 1 N–H and O–H groups in total. The van der Waals surface area contributed by atoms with Gasteiger partial charge in [-0.15, -0.1) is 0 Å². The molecule has 1 fully saturated rings. The van der Waals surface area contributed by atoms with E-state index in [1.165, 1.54) is 31.4 Å². The molecule has 0 bridgehead atoms. The molecule has 1 aromatic rings. The minimum Gasteiger partial charge on any atom is -0.320 e. The molecule has 94 valence electrons. The van der Waals surface area contributed by atoms with Crippen molar-refractivity contribution in [2.45, 2.75) is 51.4 Å². The third-order valence-corrected chi connectivity index (χ3v) is 3.52. The first-order chi connectivity index (χ1) is 8.29. The summed E-state index contributed by atoms with van der Waals surface area (Å²) in [4.78, 5) is 9.29. The molecule has 0 aromatic carbocycles. The van der Waals surface area contributed by atoms with Gasteiger partial charge in [0.2, 0.25) is 0 Å². The monoisotopic (exact) mass is 233 g/mol. The van der Waals surface area contributed by atoms with Crippen molar-refractivity contribution in [3.63, 3.8) is 0 Å². The van der Waals surface area contributed by atoms with Crippen LogP contribution in [0.3, 0.4) is 0 Å². The van der Waals surface area contributed by atoms with E-state index in [4.69, 9.17) is 4.98 Å². The Labute approximate surface area is 104 Å². The lowest BCUT2D eigenvalue weighted by Crippen LogP contribution is -2.10. The summed E-state index contributed by atoms with van der Waals surface area (Å²) in [5, 5.41) is 3.17. The van der Waals surface area contributed by atoms with Gasteiger partial charge in [-0.3, -0.25) is 0 Å². The van der Waals surface area contributed by atoms with Crippen molar-refractivity contribution in [2.24, 2.45) is 0 Å². The topological polar surface area (TPSA) is 37.8 Å². The summed E-state index contributed by atoms with van der Waals surface area (Å²) >= 11 is 0. The molecule has 0 spiro atoms. The number of nitrogens with zero attached hydrogens (tertiary/aromatic N) is 2. The van der Waals surface area contributed by atoms with Crippen LogP contribution in [-0.2, 0) is 6.42 Å². The lowest BCUT2D eigenvalue weighted by Gasteiger charge is -2.11. The first-order valence-electron chi connectivity index (χ1n) is 6.78. The number of rotatable bonds is 5. The summed E-state index contributed by atoms with van der Waals surface area (Å²) in [5.74, 6) is 1.72. The Kier molecular flexibility index (Phi) is 4.49. The van der Waals surface area contributed by atoms with Crippen LogP contribution in [0.4, 0.5) is 0 Å². The second-order valence-electron chi connectivity index (χ2n) is 5.04. The number of hydrogen-bond donors (Lipinski definition) is 1. The lowest BCUT2D eigenvalue weighted by molar-refractivity contribution is 0.660. The van der Waals surface area contributed by atoms with Gasteiger partial charge < -0.3 is 5.32 Å². The van der Waals surface area contributed by atoms with Gasteiger partial charge in [0.25, 0.3) is 0 Å². The summed E-state index contributed by atoms with van der Waals surface area (Å²) in [6.45, 7) is 3.12. The number of aryl methyl sites for hydroxylation is 2. The standard InChI is InChI=1S/C14H23N3/c1-11-10-13(12-6-3-4-7-12)17-14(16-11)8-5-9-15-2/h10,12,15H,3-9H2,1-2H3. The minimum absolute atomic E-state index is 0.694. The third kappa shape index (κ3) is 3.50. The van der Waals surface area contributed by atoms with E-state index >= 15 is 0 Å². The van der Waals surface area contributed by atoms with Crippen LogP contribution in [-0.4, -0.2) is 23.6 Å². The molecular weight excluding hydrogens is 210 g/mol. The normalized spacial score (nSPS) is 16.6. The molecule has 0 amide bonds. The van der Waals surface area contributed by atoms with Gasteiger partial charge in [0.15, 0.2) is 0 Å². The third-order valence-electron chi connectivity index (χ3n) is 3.52. The van der Waals surface area contributed by atoms with Crippen LogP contribution in [0.1, 0.15) is 55.2 Å². The second-order valence-corrected chi connectivity index (χ2v) is 5.04. The molecule has 1 saturated carbocycles. The van der Waals surface area contributed by atoms with Crippen molar-refractivity contribution in [1.29, 1.82) is 0 Å². The fourth-order valence-electron chi connectivity index (χ4n) is 2.62. The SMILES string of the molecule is CNCCCc1nc(C)cc(C2CCCC2)n1. The van der Waals surface area contributed by atoms with Crippen LogP contribution in [0, 0.1) is 6.92 Å². The van der Waals surface area contributed by atoms with E-state index < -0.39 is 0 Å². The molecule has 1 aliphatic rings. The van der Waals surface area contributed by atoms with Gasteiger partial charge in [-0.2, -0.15) is 0 Å². The van der Waals surface area contributed by atoms with Crippen molar-refractivity contribution in [3.05, 3.63) is 23.3 Å². The van der Waals surface area contributed by atoms with Crippen molar-refractivity contribution in [3.8, 4) is 0 Å². The largest absolute Gasteiger partial charge is 0.320 e. The van der Waals surface area contributed by atoms with Crippen molar-refractivity contribution in [2.75, 3.05) is 13.6 Å². The highest BCUT2D eigenvalue weighted by Crippen LogP contribution is 2.33. The van der Waals surface area contributed by atoms with Crippen LogP contribution in [0.25, 0.3) is 0 Å². The maximum absolute atomic E-state index is 4.75. The summed E-state index contributed by atoms with van der Waals surface area (Å²) in [5.41, 5.74) is 2.41. The summed E-state index contributed by atoms with van der Waals surface area (Å²) in [7, 11) is 1.99. The quantitative estimate of drug-likeness (QED) is 0.794. The van der Waals surface area contributed by atoms with E-state index in [1.807, 2.05) is 7.05 Å². The number of nitrogens with one attached hydrogen (secondary N) is 1. The van der Waals surface area contributed by atoms with Crippen molar-refractivity contribution >= 4 is 0 Å². The molecule has 0 saturated heterocycles. The van der Waals surface area contributed by atoms with Crippen LogP contribution >= 0.6 is 0 Å². The van der Waals surface area contributed by atoms with Crippen LogP contribution in [0.2, 0.25) is 0 Å². The van der Waals surface area contributed by atoms with Crippen LogP contribution < -0.4 is 5.32 Å². The van der Waals surface area contributed by atoms with E-state index in [1.54, 1.807) is 0 Å². The molecule has 17 heavy (non-hydrogen) atoms. The molecule has 1 heterocycles. The van der Waals surface area contributed by atoms with Gasteiger partial charge in [0.05, 0.1) is 0 Å². The molecule has 3 nitrogen and oxygen atoms in total. The van der Waals surface area contributed by atoms with E-state index in [0.717, 1.165) is 30.9 Å². The highest BCUT2D eigenvalue weighted by molar-refractivity contribution is 5.15. The average Bonchev–Trinajstić information content (AvgIpc) is 2.82. The smallest absolute Gasteiger partial charge is 0.128 e. The minimum atomic E-state index is 0.694. The average molecular weight is 233 g/mol. The van der Waals surface area contributed by atoms with Crippen LogP contribution in [0.15, 0.2) is 6.07 Å². The first kappa shape index (κ1) is 12.5. The van der Waals surface area contributed by atoms with Crippen molar-refractivity contribution in [1.82, 2.24) is 15.3 Å². The fraction of sp³-hybridized carbons (Fsp3) is 0.714. The molecular formula is C14H23N3. The summed E-state index contributed by atoms with van der Waals surface area (Å²) in [6.07, 6.45) is 7.46. The molecule has 2 rings (SSSR count). The number of hydrogen-bond acceptors (Lipinski definition) is 3. The van der Waals surface area contributed by atoms with Gasteiger partial charge in [-0.25, -0.2) is 9.97 Å². The van der Waals surface area contributed by atoms with E-state index in [-0.39, 0.29) is 0 Å². The molecule has 0 aliphatic heterocycles. The van der Waals surface area contributed by atoms with E-state index in [9.17, 15) is 0 Å². The second kappa shape index (κ2) is 6.10. The predicted octanol–water partition coefficient (Wildman–Crippen LogP) is 2.59.